The molecule has 8 heteroatoms. The van der Waals surface area contributed by atoms with Gasteiger partial charge in [-0.15, -0.1) is 0 Å². The minimum atomic E-state index is -0.808. The lowest BCUT2D eigenvalue weighted by Gasteiger charge is -2.30. The third kappa shape index (κ3) is 6.68. The quantitative estimate of drug-likeness (QED) is 0.394. The van der Waals surface area contributed by atoms with Gasteiger partial charge in [-0.2, -0.15) is 0 Å². The molecule has 3 aliphatic rings. The van der Waals surface area contributed by atoms with Gasteiger partial charge < -0.3 is 19.6 Å². The molecule has 4 rings (SSSR count). The molecule has 1 N–H and O–H groups in total. The van der Waals surface area contributed by atoms with Crippen molar-refractivity contribution in [3.8, 4) is 5.75 Å². The maximum Gasteiger partial charge on any atom is 0.308 e. The summed E-state index contributed by atoms with van der Waals surface area (Å²) in [6.45, 7) is 8.67. The van der Waals surface area contributed by atoms with Crippen molar-refractivity contribution in [2.24, 2.45) is 5.92 Å². The largest absolute Gasteiger partial charge is 0.493 e. The van der Waals surface area contributed by atoms with Gasteiger partial charge in [-0.05, 0) is 49.3 Å². The fourth-order valence-corrected chi connectivity index (χ4v) is 6.39. The van der Waals surface area contributed by atoms with Crippen molar-refractivity contribution in [1.29, 1.82) is 0 Å². The number of benzene rings is 1. The Labute approximate surface area is 227 Å². The van der Waals surface area contributed by atoms with Gasteiger partial charge in [0.2, 0.25) is 11.8 Å². The Morgan fingerprint density at radius 3 is 2.53 bits per heavy atom. The minimum absolute atomic E-state index is 0.0961. The molecule has 38 heavy (non-hydrogen) atoms. The zero-order valence-corrected chi connectivity index (χ0v) is 23.2. The van der Waals surface area contributed by atoms with Crippen LogP contribution >= 0.6 is 0 Å². The van der Waals surface area contributed by atoms with E-state index in [2.05, 4.69) is 24.8 Å². The maximum atomic E-state index is 13.5. The van der Waals surface area contributed by atoms with Gasteiger partial charge in [-0.1, -0.05) is 38.8 Å². The fraction of sp³-hybridized carbons (Fsp3) is 0.700. The zero-order valence-electron chi connectivity index (χ0n) is 23.2. The first kappa shape index (κ1) is 28.4. The molecule has 1 aromatic rings. The lowest BCUT2D eigenvalue weighted by atomic mass is 9.83. The van der Waals surface area contributed by atoms with E-state index in [1.54, 1.807) is 0 Å². The first-order valence-electron chi connectivity index (χ1n) is 14.7. The van der Waals surface area contributed by atoms with Crippen LogP contribution in [0, 0.1) is 5.92 Å². The second-order valence-corrected chi connectivity index (χ2v) is 11.1. The molecule has 0 spiro atoms. The predicted molar refractivity (Wildman–Crippen MR) is 146 cm³/mol. The summed E-state index contributed by atoms with van der Waals surface area (Å²) in [5, 5.41) is 10.4. The summed E-state index contributed by atoms with van der Waals surface area (Å²) < 4.78 is 5.68. The molecule has 2 fully saturated rings. The van der Waals surface area contributed by atoms with Crippen LogP contribution in [0.1, 0.15) is 82.3 Å². The van der Waals surface area contributed by atoms with Gasteiger partial charge >= 0.3 is 5.97 Å². The van der Waals surface area contributed by atoms with Gasteiger partial charge in [0, 0.05) is 57.5 Å². The Morgan fingerprint density at radius 1 is 1.11 bits per heavy atom. The average Bonchev–Trinajstić information content (AvgIpc) is 3.62. The summed E-state index contributed by atoms with van der Waals surface area (Å²) in [6, 6.07) is 5.84. The third-order valence-electron chi connectivity index (χ3n) is 8.53. The summed E-state index contributed by atoms with van der Waals surface area (Å²) in [7, 11) is 0. The monoisotopic (exact) mass is 527 g/mol. The molecule has 0 saturated carbocycles. The van der Waals surface area contributed by atoms with Crippen molar-refractivity contribution in [2.45, 2.75) is 83.6 Å². The van der Waals surface area contributed by atoms with Crippen molar-refractivity contribution < 1.29 is 24.2 Å². The van der Waals surface area contributed by atoms with E-state index >= 15 is 0 Å². The highest BCUT2D eigenvalue weighted by atomic mass is 16.5. The van der Waals surface area contributed by atoms with Crippen LogP contribution in [-0.2, 0) is 20.8 Å². The number of carboxylic acids is 1. The van der Waals surface area contributed by atoms with Crippen LogP contribution in [0.25, 0.3) is 0 Å². The van der Waals surface area contributed by atoms with Gasteiger partial charge in [-0.25, -0.2) is 0 Å². The van der Waals surface area contributed by atoms with Crippen LogP contribution in [0.4, 0.5) is 0 Å². The van der Waals surface area contributed by atoms with Crippen LogP contribution in [0.2, 0.25) is 0 Å². The number of carboxylic acid groups (broad SMARTS) is 1. The van der Waals surface area contributed by atoms with Crippen LogP contribution in [0.3, 0.4) is 0 Å². The van der Waals surface area contributed by atoms with E-state index in [9.17, 15) is 19.5 Å². The number of hydrogen-bond acceptors (Lipinski definition) is 5. The highest BCUT2D eigenvalue weighted by Crippen LogP contribution is 2.41. The van der Waals surface area contributed by atoms with Gasteiger partial charge in [-0.3, -0.25) is 19.3 Å². The molecule has 8 nitrogen and oxygen atoms in total. The molecule has 0 radical (unpaired) electrons. The van der Waals surface area contributed by atoms with E-state index in [4.69, 9.17) is 4.74 Å². The normalized spacial score (nSPS) is 23.1. The predicted octanol–water partition coefficient (Wildman–Crippen LogP) is 3.92. The maximum absolute atomic E-state index is 13.5. The van der Waals surface area contributed by atoms with E-state index in [1.807, 2.05) is 21.9 Å². The SMILES string of the molecule is CCCCN(CCCC)C(=O)CN1C[C@H](c2ccc3c(c2)CCO3)[C@@H](C(=O)O)[C@@H]1CCCN1CCCC1=O. The molecule has 2 saturated heterocycles. The number of carbonyl (C=O) groups excluding carboxylic acids is 2. The van der Waals surface area contributed by atoms with Crippen LogP contribution < -0.4 is 4.74 Å². The summed E-state index contributed by atoms with van der Waals surface area (Å²) in [5.41, 5.74) is 2.15. The number of unbranched alkanes of at least 4 members (excludes halogenated alkanes) is 2. The number of fused-ring (bicyclic) bond motifs is 1. The van der Waals surface area contributed by atoms with E-state index in [0.29, 0.717) is 32.5 Å². The highest BCUT2D eigenvalue weighted by Gasteiger charge is 2.47. The summed E-state index contributed by atoms with van der Waals surface area (Å²) in [6.07, 6.45) is 7.75. The van der Waals surface area contributed by atoms with Crippen LogP contribution in [-0.4, -0.2) is 89.5 Å². The van der Waals surface area contributed by atoms with E-state index in [0.717, 1.165) is 81.5 Å². The molecular weight excluding hydrogens is 482 g/mol. The Kier molecular flexibility index (Phi) is 10.1. The molecule has 210 valence electrons. The number of rotatable bonds is 14. The molecule has 0 aliphatic carbocycles. The minimum Gasteiger partial charge on any atom is -0.493 e. The Hall–Kier alpha value is -2.61. The lowest BCUT2D eigenvalue weighted by molar-refractivity contribution is -0.144. The molecule has 0 aromatic heterocycles. The van der Waals surface area contributed by atoms with Gasteiger partial charge in [0.1, 0.15) is 5.75 Å². The number of nitrogens with zero attached hydrogens (tertiary/aromatic N) is 3. The van der Waals surface area contributed by atoms with Crippen molar-refractivity contribution in [1.82, 2.24) is 14.7 Å². The topological polar surface area (TPSA) is 90.4 Å². The standard InChI is InChI=1S/C30H45N3O5/c1-3-5-14-32(15-6-4-2)28(35)21-33-20-24(22-11-12-26-23(19-22)13-18-38-26)29(30(36)37)25(33)9-7-16-31-17-8-10-27(31)34/h11-12,19,24-25,29H,3-10,13-18,20-21H2,1-2H3,(H,36,37)/t24-,25+,29-/m1/s1. The number of aliphatic carboxylic acids is 1. The smallest absolute Gasteiger partial charge is 0.308 e. The Balaban J connectivity index is 1.54. The highest BCUT2D eigenvalue weighted by molar-refractivity contribution is 5.79. The van der Waals surface area contributed by atoms with Gasteiger partial charge in [0.05, 0.1) is 19.1 Å². The Bertz CT molecular complexity index is 975. The number of hydrogen-bond donors (Lipinski definition) is 1. The third-order valence-corrected chi connectivity index (χ3v) is 8.53. The van der Waals surface area contributed by atoms with Crippen molar-refractivity contribution in [3.63, 3.8) is 0 Å². The lowest BCUT2D eigenvalue weighted by Crippen LogP contribution is -2.45. The Morgan fingerprint density at radius 2 is 1.87 bits per heavy atom. The van der Waals surface area contributed by atoms with Crippen molar-refractivity contribution in [3.05, 3.63) is 29.3 Å². The molecule has 1 aromatic carbocycles. The number of amides is 2. The first-order valence-corrected chi connectivity index (χ1v) is 14.7. The molecule has 0 unspecified atom stereocenters. The number of carbonyl (C=O) groups is 3. The zero-order chi connectivity index (χ0) is 27.1. The summed E-state index contributed by atoms with van der Waals surface area (Å²) >= 11 is 0. The first-order chi connectivity index (χ1) is 18.4. The second-order valence-electron chi connectivity index (χ2n) is 11.1. The molecule has 3 atom stereocenters. The number of ether oxygens (including phenoxy) is 1. The van der Waals surface area contributed by atoms with Crippen LogP contribution in [0.5, 0.6) is 5.75 Å². The van der Waals surface area contributed by atoms with Crippen LogP contribution in [0.15, 0.2) is 18.2 Å². The second kappa shape index (κ2) is 13.5. The molecule has 2 amide bonds. The van der Waals surface area contributed by atoms with Gasteiger partial charge in [0.25, 0.3) is 0 Å². The average molecular weight is 528 g/mol. The fourth-order valence-electron chi connectivity index (χ4n) is 6.39. The summed E-state index contributed by atoms with van der Waals surface area (Å²) in [4.78, 5) is 44.4. The van der Waals surface area contributed by atoms with Crippen molar-refractivity contribution in [2.75, 3.05) is 45.9 Å². The van der Waals surface area contributed by atoms with Gasteiger partial charge in [0.15, 0.2) is 0 Å². The summed E-state index contributed by atoms with van der Waals surface area (Å²) in [5.74, 6) is -0.419. The molecule has 0 bridgehead atoms. The molecule has 3 heterocycles. The molecule has 3 aliphatic heterocycles. The van der Waals surface area contributed by atoms with Crippen molar-refractivity contribution >= 4 is 17.8 Å². The molecular formula is C30H45N3O5. The number of likely N-dealkylation sites (tertiary alicyclic amines) is 2. The van der Waals surface area contributed by atoms with E-state index < -0.39 is 11.9 Å². The van der Waals surface area contributed by atoms with E-state index in [1.165, 1.54) is 0 Å². The van der Waals surface area contributed by atoms with E-state index in [-0.39, 0.29) is 30.3 Å².